The summed E-state index contributed by atoms with van der Waals surface area (Å²) in [7, 11) is 4.53. The number of ether oxygens (including phenoxy) is 2. The Balaban J connectivity index is 0.00000164. The summed E-state index contributed by atoms with van der Waals surface area (Å²) >= 11 is 0. The van der Waals surface area contributed by atoms with E-state index in [1.807, 2.05) is 13.8 Å². The van der Waals surface area contributed by atoms with E-state index in [-0.39, 0.29) is 0 Å². The monoisotopic (exact) mass is 543 g/mol. The molecule has 0 saturated carbocycles. The van der Waals surface area contributed by atoms with Gasteiger partial charge in [-0.2, -0.15) is 0 Å². The van der Waals surface area contributed by atoms with Crippen LogP contribution in [0.3, 0.4) is 0 Å². The van der Waals surface area contributed by atoms with Gasteiger partial charge in [-0.05, 0) is 45.6 Å². The molecule has 3 unspecified atom stereocenters. The Morgan fingerprint density at radius 3 is 1.26 bits per heavy atom. The van der Waals surface area contributed by atoms with Crippen LogP contribution in [0.15, 0.2) is 109 Å². The highest BCUT2D eigenvalue weighted by Gasteiger charge is 2.44. The van der Waals surface area contributed by atoms with Gasteiger partial charge in [0, 0.05) is 35.0 Å². The number of benzene rings is 4. The Hall–Kier alpha value is -2.70. The molecule has 1 heterocycles. The maximum absolute atomic E-state index is 5.92. The lowest BCUT2D eigenvalue weighted by Crippen LogP contribution is -2.34. The molecule has 38 heavy (non-hydrogen) atoms. The van der Waals surface area contributed by atoms with E-state index in [4.69, 9.17) is 9.47 Å². The molecule has 0 N–H and O–H groups in total. The van der Waals surface area contributed by atoms with Gasteiger partial charge in [-0.25, -0.2) is 0 Å². The molecule has 0 aromatic heterocycles. The zero-order valence-electron chi connectivity index (χ0n) is 23.1. The lowest BCUT2D eigenvalue weighted by Gasteiger charge is -2.35. The maximum Gasteiger partial charge on any atom is 0.126 e. The van der Waals surface area contributed by atoms with Gasteiger partial charge >= 0.3 is 0 Å². The van der Waals surface area contributed by atoms with Crippen LogP contribution in [0.4, 0.5) is 0 Å². The van der Waals surface area contributed by atoms with Gasteiger partial charge < -0.3 is 14.4 Å². The van der Waals surface area contributed by atoms with Crippen molar-refractivity contribution in [3.63, 3.8) is 0 Å². The molecule has 5 rings (SSSR count). The largest absolute Gasteiger partial charge is 0.496 e. The van der Waals surface area contributed by atoms with E-state index in [9.17, 15) is 0 Å². The van der Waals surface area contributed by atoms with Gasteiger partial charge in [0.05, 0.1) is 14.2 Å². The number of nitrogens with zero attached hydrogens (tertiary/aromatic N) is 1. The maximum atomic E-state index is 5.92. The second-order valence-electron chi connectivity index (χ2n) is 9.11. The number of para-hydroxylation sites is 2. The number of methoxy groups -OCH3 is 2. The summed E-state index contributed by atoms with van der Waals surface area (Å²) in [5.74, 6) is 1.98. The standard InChI is InChI=1S/C31H33NO2P2.C2H6/c1-32-22-30(35(24-14-6-4-7-15-24)28-20-12-10-18-26(28)33-2)31(23-32)36(25-16-8-5-9-17-25)29-21-13-11-19-27(29)34-3;1-2/h4-21,30-31H,22-23H2,1-3H3;1-2H3/t30?,31?,35-,36?;/m0./s1. The fourth-order valence-electron chi connectivity index (χ4n) is 5.32. The summed E-state index contributed by atoms with van der Waals surface area (Å²) in [4.78, 5) is 2.52. The summed E-state index contributed by atoms with van der Waals surface area (Å²) < 4.78 is 11.8. The summed E-state index contributed by atoms with van der Waals surface area (Å²) in [6.07, 6.45) is 0. The van der Waals surface area contributed by atoms with Crippen LogP contribution < -0.4 is 30.7 Å². The number of rotatable bonds is 8. The van der Waals surface area contributed by atoms with Gasteiger partial charge in [0.1, 0.15) is 11.5 Å². The van der Waals surface area contributed by atoms with Crippen molar-refractivity contribution in [2.75, 3.05) is 34.4 Å². The first-order valence-corrected chi connectivity index (χ1v) is 16.2. The molecule has 4 aromatic rings. The first kappa shape index (κ1) is 28.3. The van der Waals surface area contributed by atoms with E-state index >= 15 is 0 Å². The van der Waals surface area contributed by atoms with Crippen molar-refractivity contribution in [1.82, 2.24) is 4.90 Å². The van der Waals surface area contributed by atoms with Crippen LogP contribution in [0.2, 0.25) is 0 Å². The second-order valence-corrected chi connectivity index (χ2v) is 13.9. The number of hydrogen-bond donors (Lipinski definition) is 0. The highest BCUT2D eigenvalue weighted by molar-refractivity contribution is 7.77. The van der Waals surface area contributed by atoms with Crippen molar-refractivity contribution in [2.45, 2.75) is 25.2 Å². The van der Waals surface area contributed by atoms with Crippen molar-refractivity contribution in [3.05, 3.63) is 109 Å². The van der Waals surface area contributed by atoms with Gasteiger partial charge in [-0.15, -0.1) is 0 Å². The molecule has 5 heteroatoms. The quantitative estimate of drug-likeness (QED) is 0.255. The van der Waals surface area contributed by atoms with Gasteiger partial charge in [0.2, 0.25) is 0 Å². The van der Waals surface area contributed by atoms with Crippen LogP contribution in [0.5, 0.6) is 11.5 Å². The average molecular weight is 544 g/mol. The molecule has 0 radical (unpaired) electrons. The van der Waals surface area contributed by atoms with Crippen LogP contribution in [-0.4, -0.2) is 50.6 Å². The molecule has 3 nitrogen and oxygen atoms in total. The Bertz CT molecular complexity index is 1170. The molecular formula is C33H39NO2P2. The van der Waals surface area contributed by atoms with E-state index in [1.54, 1.807) is 14.2 Å². The molecule has 1 aliphatic heterocycles. The van der Waals surface area contributed by atoms with Gasteiger partial charge in [-0.3, -0.25) is 0 Å². The minimum absolute atomic E-state index is 0.472. The van der Waals surface area contributed by atoms with Crippen molar-refractivity contribution >= 4 is 37.1 Å². The normalized spacial score (nSPS) is 18.7. The molecule has 0 bridgehead atoms. The first-order valence-electron chi connectivity index (χ1n) is 13.3. The van der Waals surface area contributed by atoms with Crippen LogP contribution in [0, 0.1) is 0 Å². The Morgan fingerprint density at radius 2 is 0.895 bits per heavy atom. The van der Waals surface area contributed by atoms with Gasteiger partial charge in [0.25, 0.3) is 0 Å². The minimum atomic E-state index is -0.663. The molecule has 4 atom stereocenters. The summed E-state index contributed by atoms with van der Waals surface area (Å²) in [5.41, 5.74) is 0.944. The van der Waals surface area contributed by atoms with Crippen LogP contribution in [-0.2, 0) is 0 Å². The van der Waals surface area contributed by atoms with E-state index in [1.165, 1.54) is 21.2 Å². The minimum Gasteiger partial charge on any atom is -0.496 e. The van der Waals surface area contributed by atoms with Crippen LogP contribution in [0.25, 0.3) is 0 Å². The molecule has 1 aliphatic rings. The summed E-state index contributed by atoms with van der Waals surface area (Å²) in [6.45, 7) is 6.12. The zero-order chi connectivity index (χ0) is 26.9. The molecule has 0 aliphatic carbocycles. The lowest BCUT2D eigenvalue weighted by molar-refractivity contribution is 0.417. The Labute approximate surface area is 231 Å². The summed E-state index contributed by atoms with van der Waals surface area (Å²) in [5, 5.41) is 5.47. The first-order chi connectivity index (χ1) is 18.7. The van der Waals surface area contributed by atoms with E-state index in [2.05, 4.69) is 121 Å². The Morgan fingerprint density at radius 1 is 0.553 bits per heavy atom. The highest BCUT2D eigenvalue weighted by Crippen LogP contribution is 2.55. The van der Waals surface area contributed by atoms with Gasteiger partial charge in [-0.1, -0.05) is 111 Å². The van der Waals surface area contributed by atoms with Crippen molar-refractivity contribution in [2.24, 2.45) is 0 Å². The van der Waals surface area contributed by atoms with E-state index in [0.29, 0.717) is 11.3 Å². The van der Waals surface area contributed by atoms with Crippen LogP contribution in [0.1, 0.15) is 13.8 Å². The van der Waals surface area contributed by atoms with E-state index < -0.39 is 15.8 Å². The average Bonchev–Trinajstić information content (AvgIpc) is 3.36. The predicted molar refractivity (Wildman–Crippen MR) is 168 cm³/mol. The molecule has 1 fully saturated rings. The van der Waals surface area contributed by atoms with Gasteiger partial charge in [0.15, 0.2) is 0 Å². The Kier molecular flexibility index (Phi) is 10.4. The fourth-order valence-corrected chi connectivity index (χ4v) is 12.2. The van der Waals surface area contributed by atoms with Crippen molar-refractivity contribution in [1.29, 1.82) is 0 Å². The topological polar surface area (TPSA) is 21.7 Å². The lowest BCUT2D eigenvalue weighted by atomic mass is 10.3. The van der Waals surface area contributed by atoms with E-state index in [0.717, 1.165) is 24.6 Å². The number of hydrogen-bond acceptors (Lipinski definition) is 3. The third-order valence-corrected chi connectivity index (χ3v) is 13.0. The molecule has 4 aromatic carbocycles. The fraction of sp³-hybridized carbons (Fsp3) is 0.273. The zero-order valence-corrected chi connectivity index (χ0v) is 24.9. The molecular weight excluding hydrogens is 504 g/mol. The van der Waals surface area contributed by atoms with Crippen molar-refractivity contribution < 1.29 is 9.47 Å². The molecule has 198 valence electrons. The second kappa shape index (κ2) is 13.9. The third kappa shape index (κ3) is 6.13. The van der Waals surface area contributed by atoms with Crippen molar-refractivity contribution in [3.8, 4) is 11.5 Å². The summed E-state index contributed by atoms with van der Waals surface area (Å²) in [6, 6.07) is 39.4. The SMILES string of the molecule is CC.COc1ccccc1P(c1ccccc1)C1CN(C)CC1[P@@](c1ccccc1)c1ccccc1OC. The third-order valence-electron chi connectivity index (χ3n) is 6.86. The van der Waals surface area contributed by atoms with Crippen LogP contribution >= 0.6 is 15.8 Å². The smallest absolute Gasteiger partial charge is 0.126 e. The number of likely N-dealkylation sites (tertiary alicyclic amines) is 1. The highest BCUT2D eigenvalue weighted by atomic mass is 31.1. The molecule has 1 saturated heterocycles. The predicted octanol–water partition coefficient (Wildman–Crippen LogP) is 5.98. The molecule has 0 amide bonds. The molecule has 0 spiro atoms.